The highest BCUT2D eigenvalue weighted by Crippen LogP contribution is 2.39. The summed E-state index contributed by atoms with van der Waals surface area (Å²) in [4.78, 5) is 21.1. The van der Waals surface area contributed by atoms with Crippen LogP contribution in [0, 0.1) is 21.7 Å². The second-order valence-corrected chi connectivity index (χ2v) is 6.64. The molecular formula is C22H17F2N5O2. The molecule has 4 aromatic rings. The minimum absolute atomic E-state index is 0.0400. The molecule has 9 heteroatoms. The quantitative estimate of drug-likeness (QED) is 0.317. The van der Waals surface area contributed by atoms with Crippen LogP contribution in [-0.4, -0.2) is 21.4 Å². The van der Waals surface area contributed by atoms with Crippen molar-refractivity contribution < 1.29 is 13.7 Å². The van der Waals surface area contributed by atoms with Crippen molar-refractivity contribution in [1.82, 2.24) is 9.97 Å². The number of nitrogens with one attached hydrogen (secondary N) is 1. The van der Waals surface area contributed by atoms with E-state index < -0.39 is 22.2 Å². The lowest BCUT2D eigenvalue weighted by atomic mass is 10.1. The summed E-state index contributed by atoms with van der Waals surface area (Å²) in [6.07, 6.45) is 1.15. The molecular weight excluding hydrogens is 404 g/mol. The van der Waals surface area contributed by atoms with Crippen LogP contribution in [0.2, 0.25) is 0 Å². The number of hydrogen-bond acceptors (Lipinski definition) is 6. The maximum Gasteiger partial charge on any atom is 0.354 e. The Labute approximate surface area is 176 Å². The molecule has 0 saturated heterocycles. The first-order chi connectivity index (χ1) is 15.0. The molecule has 4 rings (SSSR count). The van der Waals surface area contributed by atoms with E-state index in [0.29, 0.717) is 6.54 Å². The van der Waals surface area contributed by atoms with Gasteiger partial charge in [0.1, 0.15) is 18.0 Å². The number of benzene rings is 3. The fraction of sp³-hybridized carbons (Fsp3) is 0.0909. The highest BCUT2D eigenvalue weighted by molar-refractivity contribution is 5.97. The molecule has 0 aliphatic rings. The number of fused-ring (bicyclic) bond motifs is 1. The van der Waals surface area contributed by atoms with Gasteiger partial charge in [-0.05, 0) is 30.5 Å². The summed E-state index contributed by atoms with van der Waals surface area (Å²) >= 11 is 0. The number of nitro groups is 1. The molecule has 156 valence electrons. The van der Waals surface area contributed by atoms with Gasteiger partial charge in [0.15, 0.2) is 0 Å². The molecule has 1 heterocycles. The fourth-order valence-electron chi connectivity index (χ4n) is 3.43. The average molecular weight is 421 g/mol. The number of aromatic nitrogens is 2. The molecule has 0 aliphatic carbocycles. The third-order valence-corrected chi connectivity index (χ3v) is 4.80. The first kappa shape index (κ1) is 20.1. The van der Waals surface area contributed by atoms with Gasteiger partial charge >= 0.3 is 5.69 Å². The zero-order valence-corrected chi connectivity index (χ0v) is 16.4. The van der Waals surface area contributed by atoms with Gasteiger partial charge in [0.2, 0.25) is 11.6 Å². The largest absolute Gasteiger partial charge is 0.354 e. The smallest absolute Gasteiger partial charge is 0.332 e. The van der Waals surface area contributed by atoms with Crippen LogP contribution in [0.3, 0.4) is 0 Å². The molecule has 0 aliphatic heterocycles. The van der Waals surface area contributed by atoms with Crippen molar-refractivity contribution in [2.24, 2.45) is 0 Å². The Bertz CT molecular complexity index is 1280. The lowest BCUT2D eigenvalue weighted by Gasteiger charge is -2.24. The van der Waals surface area contributed by atoms with Crippen molar-refractivity contribution in [2.45, 2.75) is 6.92 Å². The number of rotatable bonds is 6. The summed E-state index contributed by atoms with van der Waals surface area (Å²) in [6.45, 7) is 2.21. The Morgan fingerprint density at radius 2 is 1.84 bits per heavy atom. The maximum atomic E-state index is 14.1. The zero-order chi connectivity index (χ0) is 22.0. The minimum atomic E-state index is -0.766. The first-order valence-electron chi connectivity index (χ1n) is 9.46. The molecule has 0 fully saturated rings. The van der Waals surface area contributed by atoms with Crippen molar-refractivity contribution in [3.05, 3.63) is 88.7 Å². The van der Waals surface area contributed by atoms with Crippen LogP contribution in [0.1, 0.15) is 6.92 Å². The van der Waals surface area contributed by atoms with E-state index in [2.05, 4.69) is 15.3 Å². The molecule has 0 spiro atoms. The first-order valence-corrected chi connectivity index (χ1v) is 9.46. The molecule has 31 heavy (non-hydrogen) atoms. The van der Waals surface area contributed by atoms with Crippen molar-refractivity contribution in [3.8, 4) is 0 Å². The van der Waals surface area contributed by atoms with Crippen LogP contribution in [0.5, 0.6) is 0 Å². The lowest BCUT2D eigenvalue weighted by molar-refractivity contribution is -0.383. The number of hydrogen-bond donors (Lipinski definition) is 1. The monoisotopic (exact) mass is 421 g/mol. The van der Waals surface area contributed by atoms with E-state index in [1.54, 1.807) is 4.90 Å². The van der Waals surface area contributed by atoms with E-state index in [4.69, 9.17) is 0 Å². The Morgan fingerprint density at radius 3 is 2.61 bits per heavy atom. The minimum Gasteiger partial charge on any atom is -0.332 e. The van der Waals surface area contributed by atoms with E-state index in [9.17, 15) is 18.9 Å². The SMILES string of the molecule is CCN(c1ncnc(Nc2cc(F)ccc2F)c1[N+](=O)[O-])c1cccc2ccccc12. The van der Waals surface area contributed by atoms with Crippen molar-refractivity contribution in [2.75, 3.05) is 16.8 Å². The van der Waals surface area contributed by atoms with Gasteiger partial charge in [-0.3, -0.25) is 10.1 Å². The van der Waals surface area contributed by atoms with Gasteiger partial charge in [0, 0.05) is 18.0 Å². The van der Waals surface area contributed by atoms with Crippen molar-refractivity contribution in [3.63, 3.8) is 0 Å². The van der Waals surface area contributed by atoms with Crippen LogP contribution in [0.15, 0.2) is 67.0 Å². The predicted molar refractivity (Wildman–Crippen MR) is 115 cm³/mol. The van der Waals surface area contributed by atoms with Gasteiger partial charge in [-0.15, -0.1) is 0 Å². The van der Waals surface area contributed by atoms with Crippen LogP contribution in [0.25, 0.3) is 10.8 Å². The molecule has 7 nitrogen and oxygen atoms in total. The van der Waals surface area contributed by atoms with E-state index in [1.165, 1.54) is 0 Å². The normalized spacial score (nSPS) is 10.8. The topological polar surface area (TPSA) is 84.2 Å². The molecule has 0 atom stereocenters. The molecule has 0 amide bonds. The summed E-state index contributed by atoms with van der Waals surface area (Å²) in [5, 5.41) is 16.4. The average Bonchev–Trinajstić information content (AvgIpc) is 2.77. The highest BCUT2D eigenvalue weighted by atomic mass is 19.1. The van der Waals surface area contributed by atoms with Gasteiger partial charge in [0.25, 0.3) is 0 Å². The number of nitrogens with zero attached hydrogens (tertiary/aromatic N) is 4. The second-order valence-electron chi connectivity index (χ2n) is 6.64. The van der Waals surface area contributed by atoms with Gasteiger partial charge in [-0.1, -0.05) is 36.4 Å². The van der Waals surface area contributed by atoms with Crippen LogP contribution in [0.4, 0.5) is 37.5 Å². The third-order valence-electron chi connectivity index (χ3n) is 4.80. The Morgan fingerprint density at radius 1 is 1.06 bits per heavy atom. The standard InChI is InChI=1S/C22H17F2N5O2/c1-2-28(19-9-5-7-14-6-3-4-8-16(14)19)22-20(29(30)31)21(25-13-26-22)27-18-12-15(23)10-11-17(18)24/h3-13H,2H2,1H3,(H,25,26,27). The van der Waals surface area contributed by atoms with Crippen molar-refractivity contribution in [1.29, 1.82) is 0 Å². The Balaban J connectivity index is 1.87. The van der Waals surface area contributed by atoms with E-state index in [-0.39, 0.29) is 17.3 Å². The van der Waals surface area contributed by atoms with E-state index >= 15 is 0 Å². The number of halogens is 2. The fourth-order valence-corrected chi connectivity index (χ4v) is 3.43. The van der Waals surface area contributed by atoms with Crippen LogP contribution in [-0.2, 0) is 0 Å². The molecule has 0 saturated carbocycles. The highest BCUT2D eigenvalue weighted by Gasteiger charge is 2.28. The lowest BCUT2D eigenvalue weighted by Crippen LogP contribution is -2.20. The molecule has 0 bridgehead atoms. The predicted octanol–water partition coefficient (Wildman–Crippen LogP) is 5.72. The molecule has 3 aromatic carbocycles. The summed E-state index contributed by atoms with van der Waals surface area (Å²) < 4.78 is 27.7. The van der Waals surface area contributed by atoms with E-state index in [1.807, 2.05) is 49.4 Å². The van der Waals surface area contributed by atoms with Gasteiger partial charge in [-0.2, -0.15) is 0 Å². The summed E-state index contributed by atoms with van der Waals surface area (Å²) in [5.74, 6) is -1.65. The third kappa shape index (κ3) is 3.85. The van der Waals surface area contributed by atoms with E-state index in [0.717, 1.165) is 41.0 Å². The summed E-state index contributed by atoms with van der Waals surface area (Å²) in [5.41, 5.74) is 0.0205. The maximum absolute atomic E-state index is 14.1. The van der Waals surface area contributed by atoms with Crippen LogP contribution >= 0.6 is 0 Å². The van der Waals surface area contributed by atoms with Gasteiger partial charge in [-0.25, -0.2) is 18.7 Å². The molecule has 0 unspecified atom stereocenters. The van der Waals surface area contributed by atoms with Gasteiger partial charge < -0.3 is 10.2 Å². The second kappa shape index (κ2) is 8.31. The molecule has 1 aromatic heterocycles. The van der Waals surface area contributed by atoms with Crippen LogP contribution < -0.4 is 10.2 Å². The zero-order valence-electron chi connectivity index (χ0n) is 16.4. The van der Waals surface area contributed by atoms with Gasteiger partial charge in [0.05, 0.1) is 16.3 Å². The number of anilines is 4. The summed E-state index contributed by atoms with van der Waals surface area (Å²) in [7, 11) is 0. The molecule has 1 N–H and O–H groups in total. The Kier molecular flexibility index (Phi) is 5.40. The Hall–Kier alpha value is -4.14. The summed E-state index contributed by atoms with van der Waals surface area (Å²) in [6, 6.07) is 16.1. The van der Waals surface area contributed by atoms with Crippen molar-refractivity contribution >= 4 is 39.5 Å². The molecule has 0 radical (unpaired) electrons.